The Labute approximate surface area is 118 Å². The molecule has 2 heteroatoms. The molecule has 0 bridgehead atoms. The molecular formula is C17H30O2. The number of allylic oxidation sites excluding steroid dienone is 1. The van der Waals surface area contributed by atoms with Gasteiger partial charge >= 0.3 is 5.97 Å². The molecule has 0 fully saturated rings. The van der Waals surface area contributed by atoms with Gasteiger partial charge in [-0.3, -0.25) is 0 Å². The summed E-state index contributed by atoms with van der Waals surface area (Å²) in [6.07, 6.45) is 15.9. The topological polar surface area (TPSA) is 26.3 Å². The molecule has 0 saturated carbocycles. The molecule has 0 aliphatic rings. The van der Waals surface area contributed by atoms with Crippen molar-refractivity contribution in [3.8, 4) is 0 Å². The van der Waals surface area contributed by atoms with Gasteiger partial charge in [-0.25, -0.2) is 4.79 Å². The first kappa shape index (κ1) is 17.9. The molecule has 0 unspecified atom stereocenters. The lowest BCUT2D eigenvalue weighted by molar-refractivity contribution is -0.137. The molecule has 0 aromatic carbocycles. The van der Waals surface area contributed by atoms with Crippen LogP contribution in [0.5, 0.6) is 0 Å². The minimum absolute atomic E-state index is 0.309. The zero-order chi connectivity index (χ0) is 14.3. The standard InChI is InChI=1S/C17H30O2/c1-4-5-6-7-8-9-10-11-12-13-14-15-19-17(18)16(2)3/h13-14H,2,4-12,15H2,1,3H3/b14-13+. The van der Waals surface area contributed by atoms with Crippen molar-refractivity contribution >= 4 is 5.97 Å². The van der Waals surface area contributed by atoms with Gasteiger partial charge in [-0.15, -0.1) is 0 Å². The van der Waals surface area contributed by atoms with Gasteiger partial charge in [0, 0.05) is 5.57 Å². The van der Waals surface area contributed by atoms with E-state index in [0.717, 1.165) is 6.42 Å². The summed E-state index contributed by atoms with van der Waals surface area (Å²) in [6, 6.07) is 0. The molecule has 0 atom stereocenters. The van der Waals surface area contributed by atoms with Crippen LogP contribution in [0.25, 0.3) is 0 Å². The van der Waals surface area contributed by atoms with Crippen LogP contribution in [0.15, 0.2) is 24.3 Å². The normalized spacial score (nSPS) is 10.8. The van der Waals surface area contributed by atoms with E-state index in [2.05, 4.69) is 19.6 Å². The Morgan fingerprint density at radius 1 is 1.00 bits per heavy atom. The predicted molar refractivity (Wildman–Crippen MR) is 82.1 cm³/mol. The second-order valence-electron chi connectivity index (χ2n) is 5.11. The number of unbranched alkanes of at least 4 members (excludes halogenated alkanes) is 8. The fourth-order valence-electron chi connectivity index (χ4n) is 1.83. The third kappa shape index (κ3) is 13.2. The first-order chi connectivity index (χ1) is 9.18. The van der Waals surface area contributed by atoms with Crippen molar-refractivity contribution in [1.82, 2.24) is 0 Å². The van der Waals surface area contributed by atoms with E-state index in [-0.39, 0.29) is 5.97 Å². The van der Waals surface area contributed by atoms with Crippen molar-refractivity contribution in [2.45, 2.75) is 71.6 Å². The van der Waals surface area contributed by atoms with Crippen LogP contribution in [0.2, 0.25) is 0 Å². The van der Waals surface area contributed by atoms with Crippen molar-refractivity contribution in [3.05, 3.63) is 24.3 Å². The van der Waals surface area contributed by atoms with Crippen LogP contribution in [-0.4, -0.2) is 12.6 Å². The Hall–Kier alpha value is -1.05. The molecule has 0 N–H and O–H groups in total. The fraction of sp³-hybridized carbons (Fsp3) is 0.706. The number of esters is 1. The zero-order valence-corrected chi connectivity index (χ0v) is 12.7. The summed E-state index contributed by atoms with van der Waals surface area (Å²) in [6.45, 7) is 7.80. The van der Waals surface area contributed by atoms with Gasteiger partial charge in [0.15, 0.2) is 0 Å². The molecule has 0 heterocycles. The first-order valence-electron chi connectivity index (χ1n) is 7.66. The highest BCUT2D eigenvalue weighted by atomic mass is 16.5. The average Bonchev–Trinajstić information content (AvgIpc) is 2.39. The van der Waals surface area contributed by atoms with E-state index in [1.165, 1.54) is 51.4 Å². The molecule has 19 heavy (non-hydrogen) atoms. The summed E-state index contributed by atoms with van der Waals surface area (Å²) >= 11 is 0. The zero-order valence-electron chi connectivity index (χ0n) is 12.7. The molecule has 0 aliphatic heterocycles. The van der Waals surface area contributed by atoms with Gasteiger partial charge in [-0.2, -0.15) is 0 Å². The van der Waals surface area contributed by atoms with E-state index in [4.69, 9.17) is 4.74 Å². The molecule has 0 amide bonds. The largest absolute Gasteiger partial charge is 0.458 e. The molecule has 110 valence electrons. The van der Waals surface area contributed by atoms with Crippen LogP contribution in [0.1, 0.15) is 71.6 Å². The molecule has 0 spiro atoms. The Balaban J connectivity index is 3.21. The van der Waals surface area contributed by atoms with Crippen molar-refractivity contribution in [2.24, 2.45) is 0 Å². The summed E-state index contributed by atoms with van der Waals surface area (Å²) in [7, 11) is 0. The smallest absolute Gasteiger partial charge is 0.333 e. The quantitative estimate of drug-likeness (QED) is 0.210. The molecular weight excluding hydrogens is 236 g/mol. The molecule has 0 aromatic heterocycles. The molecule has 0 radical (unpaired) electrons. The fourth-order valence-corrected chi connectivity index (χ4v) is 1.83. The number of hydrogen-bond acceptors (Lipinski definition) is 2. The van der Waals surface area contributed by atoms with Gasteiger partial charge in [0.25, 0.3) is 0 Å². The maximum absolute atomic E-state index is 11.1. The van der Waals surface area contributed by atoms with E-state index in [1.807, 2.05) is 6.08 Å². The molecule has 0 rings (SSSR count). The molecule has 0 saturated heterocycles. The average molecular weight is 266 g/mol. The van der Waals surface area contributed by atoms with Crippen LogP contribution >= 0.6 is 0 Å². The number of ether oxygens (including phenoxy) is 1. The predicted octanol–water partition coefficient (Wildman–Crippen LogP) is 5.19. The second kappa shape index (κ2) is 13.4. The van der Waals surface area contributed by atoms with Crippen molar-refractivity contribution in [3.63, 3.8) is 0 Å². The highest BCUT2D eigenvalue weighted by Gasteiger charge is 1.99. The van der Waals surface area contributed by atoms with E-state index in [1.54, 1.807) is 6.92 Å². The second-order valence-corrected chi connectivity index (χ2v) is 5.11. The van der Waals surface area contributed by atoms with E-state index >= 15 is 0 Å². The molecule has 0 aromatic rings. The highest BCUT2D eigenvalue weighted by Crippen LogP contribution is 2.09. The highest BCUT2D eigenvalue weighted by molar-refractivity contribution is 5.86. The summed E-state index contributed by atoms with van der Waals surface area (Å²) in [5, 5.41) is 0. The lowest BCUT2D eigenvalue weighted by Gasteiger charge is -2.00. The van der Waals surface area contributed by atoms with E-state index in [9.17, 15) is 4.79 Å². The van der Waals surface area contributed by atoms with Crippen LogP contribution in [0.3, 0.4) is 0 Å². The third-order valence-electron chi connectivity index (χ3n) is 3.05. The van der Waals surface area contributed by atoms with Gasteiger partial charge < -0.3 is 4.74 Å². The summed E-state index contributed by atoms with van der Waals surface area (Å²) < 4.78 is 4.96. The lowest BCUT2D eigenvalue weighted by atomic mass is 10.1. The SMILES string of the molecule is C=C(C)C(=O)OC/C=C/CCCCCCCCCC. The maximum atomic E-state index is 11.1. The third-order valence-corrected chi connectivity index (χ3v) is 3.05. The van der Waals surface area contributed by atoms with Crippen molar-refractivity contribution in [2.75, 3.05) is 6.61 Å². The van der Waals surface area contributed by atoms with Gasteiger partial charge in [0.2, 0.25) is 0 Å². The molecule has 0 aliphatic carbocycles. The molecule has 2 nitrogen and oxygen atoms in total. The van der Waals surface area contributed by atoms with Gasteiger partial charge in [0.1, 0.15) is 6.61 Å². The van der Waals surface area contributed by atoms with E-state index < -0.39 is 0 Å². The maximum Gasteiger partial charge on any atom is 0.333 e. The van der Waals surface area contributed by atoms with Crippen LogP contribution < -0.4 is 0 Å². The number of carbonyl (C=O) groups excluding carboxylic acids is 1. The first-order valence-corrected chi connectivity index (χ1v) is 7.66. The van der Waals surface area contributed by atoms with Gasteiger partial charge in [0.05, 0.1) is 0 Å². The Morgan fingerprint density at radius 2 is 1.58 bits per heavy atom. The minimum Gasteiger partial charge on any atom is -0.458 e. The Bertz CT molecular complexity index is 266. The Morgan fingerprint density at radius 3 is 2.16 bits per heavy atom. The van der Waals surface area contributed by atoms with Crippen LogP contribution in [-0.2, 0) is 9.53 Å². The minimum atomic E-state index is -0.309. The summed E-state index contributed by atoms with van der Waals surface area (Å²) in [5.41, 5.74) is 0.455. The Kier molecular flexibility index (Phi) is 12.6. The van der Waals surface area contributed by atoms with Gasteiger partial charge in [-0.05, 0) is 19.8 Å². The van der Waals surface area contributed by atoms with Gasteiger partial charge in [-0.1, -0.05) is 70.6 Å². The van der Waals surface area contributed by atoms with Crippen molar-refractivity contribution < 1.29 is 9.53 Å². The van der Waals surface area contributed by atoms with Crippen molar-refractivity contribution in [1.29, 1.82) is 0 Å². The van der Waals surface area contributed by atoms with E-state index in [0.29, 0.717) is 12.2 Å². The van der Waals surface area contributed by atoms with Crippen LogP contribution in [0, 0.1) is 0 Å². The number of hydrogen-bond donors (Lipinski definition) is 0. The van der Waals surface area contributed by atoms with Crippen LogP contribution in [0.4, 0.5) is 0 Å². The summed E-state index contributed by atoms with van der Waals surface area (Å²) in [4.78, 5) is 11.1. The monoisotopic (exact) mass is 266 g/mol. The number of carbonyl (C=O) groups is 1. The lowest BCUT2D eigenvalue weighted by Crippen LogP contribution is -2.04. The number of rotatable bonds is 12. The summed E-state index contributed by atoms with van der Waals surface area (Å²) in [5.74, 6) is -0.309.